The fourth-order valence-electron chi connectivity index (χ4n) is 2.29. The first-order chi connectivity index (χ1) is 5.59. The van der Waals surface area contributed by atoms with Crippen molar-refractivity contribution in [3.63, 3.8) is 0 Å². The van der Waals surface area contributed by atoms with Crippen LogP contribution in [0.2, 0.25) is 0 Å². The number of nitrogens with zero attached hydrogens (tertiary/aromatic N) is 1. The molecule has 4 nitrogen and oxygen atoms in total. The van der Waals surface area contributed by atoms with E-state index < -0.39 is 11.5 Å². The molecule has 12 heavy (non-hydrogen) atoms. The minimum atomic E-state index is -0.833. The highest BCUT2D eigenvalue weighted by Gasteiger charge is 2.68. The summed E-state index contributed by atoms with van der Waals surface area (Å²) in [4.78, 5) is 23.4. The lowest BCUT2D eigenvalue weighted by Gasteiger charge is -2.23. The molecular weight excluding hydrogens is 158 g/mol. The maximum Gasteiger partial charge on any atom is 0.329 e. The van der Waals surface area contributed by atoms with E-state index in [0.29, 0.717) is 13.0 Å². The van der Waals surface area contributed by atoms with Crippen LogP contribution >= 0.6 is 0 Å². The number of piperidine rings is 1. The molecule has 0 aromatic rings. The molecule has 2 atom stereocenters. The van der Waals surface area contributed by atoms with Gasteiger partial charge in [-0.1, -0.05) is 0 Å². The van der Waals surface area contributed by atoms with Crippen LogP contribution in [0.5, 0.6) is 0 Å². The van der Waals surface area contributed by atoms with Gasteiger partial charge in [-0.15, -0.1) is 0 Å². The van der Waals surface area contributed by atoms with Crippen molar-refractivity contribution in [3.05, 3.63) is 0 Å². The lowest BCUT2D eigenvalue weighted by Crippen LogP contribution is -2.44. The van der Waals surface area contributed by atoms with E-state index in [1.165, 1.54) is 11.8 Å². The third kappa shape index (κ3) is 0.673. The Morgan fingerprint density at radius 1 is 1.58 bits per heavy atom. The summed E-state index contributed by atoms with van der Waals surface area (Å²) in [6, 6.07) is 0. The predicted octanol–water partition coefficient (Wildman–Crippen LogP) is 0.0819. The van der Waals surface area contributed by atoms with Gasteiger partial charge in [0.2, 0.25) is 5.91 Å². The quantitative estimate of drug-likeness (QED) is 0.604. The Kier molecular flexibility index (Phi) is 1.26. The van der Waals surface area contributed by atoms with Crippen molar-refractivity contribution >= 4 is 11.9 Å². The largest absolute Gasteiger partial charge is 0.479 e. The number of fused-ring (bicyclic) bond motifs is 1. The zero-order valence-corrected chi connectivity index (χ0v) is 6.91. The number of carbonyl (C=O) groups is 2. The van der Waals surface area contributed by atoms with Crippen LogP contribution in [-0.4, -0.2) is 34.0 Å². The Balaban J connectivity index is 2.27. The van der Waals surface area contributed by atoms with Crippen LogP contribution in [0.1, 0.15) is 19.8 Å². The van der Waals surface area contributed by atoms with Crippen molar-refractivity contribution < 1.29 is 14.7 Å². The van der Waals surface area contributed by atoms with Gasteiger partial charge in [-0.05, 0) is 18.8 Å². The van der Waals surface area contributed by atoms with Crippen molar-refractivity contribution in [2.45, 2.75) is 25.3 Å². The third-order valence-corrected chi connectivity index (χ3v) is 3.01. The van der Waals surface area contributed by atoms with Crippen LogP contribution in [0.3, 0.4) is 0 Å². The minimum absolute atomic E-state index is 0.114. The molecule has 1 saturated carbocycles. The molecule has 2 fully saturated rings. The summed E-state index contributed by atoms with van der Waals surface area (Å²) >= 11 is 0. The lowest BCUT2D eigenvalue weighted by atomic mass is 10.2. The first kappa shape index (κ1) is 7.58. The van der Waals surface area contributed by atoms with Gasteiger partial charge >= 0.3 is 5.97 Å². The van der Waals surface area contributed by atoms with Gasteiger partial charge in [-0.25, -0.2) is 4.79 Å². The van der Waals surface area contributed by atoms with Gasteiger partial charge in [0.25, 0.3) is 0 Å². The van der Waals surface area contributed by atoms with E-state index in [1.54, 1.807) is 0 Å². The number of carboxylic acids is 1. The first-order valence-electron chi connectivity index (χ1n) is 4.10. The molecule has 1 amide bonds. The van der Waals surface area contributed by atoms with Crippen LogP contribution in [0.15, 0.2) is 0 Å². The Hall–Kier alpha value is -1.06. The highest BCUT2D eigenvalue weighted by Crippen LogP contribution is 2.55. The molecule has 1 heterocycles. The second-order valence-electron chi connectivity index (χ2n) is 3.59. The molecule has 1 aliphatic heterocycles. The van der Waals surface area contributed by atoms with Gasteiger partial charge in [0, 0.05) is 13.5 Å². The summed E-state index contributed by atoms with van der Waals surface area (Å²) in [5.74, 6) is -0.725. The summed E-state index contributed by atoms with van der Waals surface area (Å²) in [5.41, 5.74) is -0.800. The second kappa shape index (κ2) is 2.00. The number of aliphatic carboxylic acids is 1. The smallest absolute Gasteiger partial charge is 0.329 e. The van der Waals surface area contributed by atoms with Crippen molar-refractivity contribution in [1.82, 2.24) is 4.90 Å². The molecule has 1 unspecified atom stereocenters. The van der Waals surface area contributed by atoms with Crippen LogP contribution in [0.4, 0.5) is 0 Å². The fraction of sp³-hybridized carbons (Fsp3) is 0.750. The zero-order valence-electron chi connectivity index (χ0n) is 6.91. The van der Waals surface area contributed by atoms with Crippen molar-refractivity contribution in [2.75, 3.05) is 6.54 Å². The summed E-state index contributed by atoms with van der Waals surface area (Å²) in [7, 11) is 0. The van der Waals surface area contributed by atoms with Crippen LogP contribution in [-0.2, 0) is 9.59 Å². The summed E-state index contributed by atoms with van der Waals surface area (Å²) in [5, 5.41) is 8.94. The summed E-state index contributed by atoms with van der Waals surface area (Å²) in [6.07, 6.45) is 1.51. The molecule has 0 aromatic carbocycles. The van der Waals surface area contributed by atoms with Gasteiger partial charge in [-0.2, -0.15) is 0 Å². The third-order valence-electron chi connectivity index (χ3n) is 3.01. The maximum absolute atomic E-state index is 11.1. The zero-order chi connectivity index (χ0) is 8.93. The molecule has 2 aliphatic rings. The van der Waals surface area contributed by atoms with Gasteiger partial charge in [0.15, 0.2) is 0 Å². The molecule has 0 radical (unpaired) electrons. The molecule has 2 rings (SSSR count). The predicted molar refractivity (Wildman–Crippen MR) is 40.5 cm³/mol. The van der Waals surface area contributed by atoms with E-state index in [0.717, 1.165) is 6.42 Å². The number of hydrogen-bond acceptors (Lipinski definition) is 2. The van der Waals surface area contributed by atoms with Gasteiger partial charge in [-0.3, -0.25) is 4.79 Å². The molecule has 0 spiro atoms. The number of carbonyl (C=O) groups excluding carboxylic acids is 1. The van der Waals surface area contributed by atoms with E-state index in [-0.39, 0.29) is 11.8 Å². The molecular formula is C8H11NO3. The van der Waals surface area contributed by atoms with Gasteiger partial charge < -0.3 is 10.0 Å². The van der Waals surface area contributed by atoms with Crippen molar-refractivity contribution in [1.29, 1.82) is 0 Å². The first-order valence-corrected chi connectivity index (χ1v) is 4.10. The monoisotopic (exact) mass is 169 g/mol. The van der Waals surface area contributed by atoms with Crippen molar-refractivity contribution in [2.24, 2.45) is 5.92 Å². The Bertz CT molecular complexity index is 263. The van der Waals surface area contributed by atoms with Gasteiger partial charge in [0.1, 0.15) is 5.54 Å². The van der Waals surface area contributed by atoms with E-state index >= 15 is 0 Å². The molecule has 0 aromatic heterocycles. The molecule has 1 N–H and O–H groups in total. The molecule has 1 aliphatic carbocycles. The van der Waals surface area contributed by atoms with Crippen LogP contribution in [0.25, 0.3) is 0 Å². The summed E-state index contributed by atoms with van der Waals surface area (Å²) in [6.45, 7) is 2.05. The fourth-order valence-corrected chi connectivity index (χ4v) is 2.29. The number of rotatable bonds is 1. The number of amides is 1. The van der Waals surface area contributed by atoms with Crippen molar-refractivity contribution in [3.8, 4) is 0 Å². The van der Waals surface area contributed by atoms with Crippen LogP contribution in [0, 0.1) is 5.92 Å². The lowest BCUT2D eigenvalue weighted by molar-refractivity contribution is -0.150. The van der Waals surface area contributed by atoms with E-state index in [2.05, 4.69) is 0 Å². The topological polar surface area (TPSA) is 57.6 Å². The Labute approximate surface area is 70.2 Å². The van der Waals surface area contributed by atoms with Crippen LogP contribution < -0.4 is 0 Å². The normalized spacial score (nSPS) is 37.8. The summed E-state index contributed by atoms with van der Waals surface area (Å²) < 4.78 is 0. The molecule has 66 valence electrons. The van der Waals surface area contributed by atoms with Gasteiger partial charge in [0.05, 0.1) is 0 Å². The minimum Gasteiger partial charge on any atom is -0.479 e. The SMILES string of the molecule is CC(=O)N1CCC2C[C@@]21C(=O)O. The van der Waals surface area contributed by atoms with E-state index in [9.17, 15) is 9.59 Å². The highest BCUT2D eigenvalue weighted by atomic mass is 16.4. The maximum atomic E-state index is 11.1. The van der Waals surface area contributed by atoms with E-state index in [4.69, 9.17) is 5.11 Å². The van der Waals surface area contributed by atoms with E-state index in [1.807, 2.05) is 0 Å². The Morgan fingerprint density at radius 2 is 2.25 bits per heavy atom. The number of likely N-dealkylation sites (tertiary alicyclic amines) is 1. The average Bonchev–Trinajstić information content (AvgIpc) is 2.58. The number of hydrogen-bond donors (Lipinski definition) is 1. The average molecular weight is 169 g/mol. The standard InChI is InChI=1S/C8H11NO3/c1-5(10)9-3-2-6-4-8(6,9)7(11)12/h6H,2-4H2,1H3,(H,11,12)/t6?,8-/m0/s1. The number of carboxylic acid groups (broad SMARTS) is 1. The molecule has 0 bridgehead atoms. The Morgan fingerprint density at radius 3 is 2.58 bits per heavy atom. The second-order valence-corrected chi connectivity index (χ2v) is 3.59. The highest BCUT2D eigenvalue weighted by molar-refractivity contribution is 5.90. The molecule has 1 saturated heterocycles. The molecule has 4 heteroatoms.